The summed E-state index contributed by atoms with van der Waals surface area (Å²) in [5, 5.41) is 10.2. The third-order valence-corrected chi connectivity index (χ3v) is 11.6. The first kappa shape index (κ1) is 30.0. The van der Waals surface area contributed by atoms with Crippen LogP contribution in [-0.4, -0.2) is 16.5 Å². The second-order valence-corrected chi connectivity index (χ2v) is 13.9. The van der Waals surface area contributed by atoms with Gasteiger partial charge in [0.05, 0.1) is 0 Å². The van der Waals surface area contributed by atoms with E-state index in [1.807, 2.05) is 13.8 Å². The molecule has 198 valence electrons. The Morgan fingerprint density at radius 2 is 1.76 bits per heavy atom. The summed E-state index contributed by atoms with van der Waals surface area (Å²) in [6, 6.07) is 0. The van der Waals surface area contributed by atoms with Crippen LogP contribution in [0, 0.1) is 34.0 Å². The van der Waals surface area contributed by atoms with Gasteiger partial charge in [-0.25, -0.2) is 0 Å². The Morgan fingerprint density at radius 3 is 2.32 bits per heavy atom. The standard InChI is InChI=1S/C30H52OS.C2H6/c1-9-17-28(7)24-16-19-30(32)23(12-10-11-22(4)21(2)3)15-18-29(30,8)25(24)13-14-26(28)27(5,6)20-31;1-2/h21,23,26,31-32H,4,9-20H2,1-3,5-8H3;1-2H3/t23?,26?,28?,29-,30?;/m0./s1. The fraction of sp³-hybridized carbons (Fsp3) is 0.875. The Bertz CT molecular complexity index is 733. The molecule has 0 aromatic heterocycles. The number of aliphatic hydroxyl groups excluding tert-OH is 1. The summed E-state index contributed by atoms with van der Waals surface area (Å²) < 4.78 is 0.150. The highest BCUT2D eigenvalue weighted by Gasteiger charge is 2.61. The van der Waals surface area contributed by atoms with Crippen molar-refractivity contribution in [2.75, 3.05) is 6.61 Å². The van der Waals surface area contributed by atoms with Crippen LogP contribution in [0.15, 0.2) is 23.3 Å². The molecule has 0 aromatic rings. The molecule has 1 saturated carbocycles. The van der Waals surface area contributed by atoms with Crippen LogP contribution in [0.2, 0.25) is 0 Å². The van der Waals surface area contributed by atoms with Gasteiger partial charge in [0.15, 0.2) is 0 Å². The van der Waals surface area contributed by atoms with Gasteiger partial charge in [-0.1, -0.05) is 92.0 Å². The SMILES string of the molecule is C=C(CCCC1CC[C@@]2(C)C3=C(CCC12S)C(C)(CCC)C(C(C)(C)CO)CC3)C(C)C.CC. The third-order valence-electron chi connectivity index (χ3n) is 10.5. The topological polar surface area (TPSA) is 20.2 Å². The van der Waals surface area contributed by atoms with E-state index in [-0.39, 0.29) is 27.6 Å². The van der Waals surface area contributed by atoms with E-state index in [4.69, 9.17) is 12.6 Å². The predicted molar refractivity (Wildman–Crippen MR) is 155 cm³/mol. The van der Waals surface area contributed by atoms with Crippen molar-refractivity contribution in [1.29, 1.82) is 0 Å². The molecule has 0 saturated heterocycles. The van der Waals surface area contributed by atoms with Gasteiger partial charge < -0.3 is 5.11 Å². The molecule has 4 unspecified atom stereocenters. The zero-order valence-corrected chi connectivity index (χ0v) is 25.2. The van der Waals surface area contributed by atoms with Crippen LogP contribution in [-0.2, 0) is 0 Å². The smallest absolute Gasteiger partial charge is 0.0485 e. The molecule has 0 aliphatic heterocycles. The van der Waals surface area contributed by atoms with E-state index < -0.39 is 0 Å². The van der Waals surface area contributed by atoms with Gasteiger partial charge >= 0.3 is 0 Å². The highest BCUT2D eigenvalue weighted by atomic mass is 32.1. The third kappa shape index (κ3) is 5.11. The van der Waals surface area contributed by atoms with Crippen LogP contribution in [0.4, 0.5) is 0 Å². The van der Waals surface area contributed by atoms with Crippen LogP contribution in [0.25, 0.3) is 0 Å². The van der Waals surface area contributed by atoms with Gasteiger partial charge in [-0.3, -0.25) is 0 Å². The van der Waals surface area contributed by atoms with Gasteiger partial charge in [-0.05, 0) is 92.8 Å². The number of aliphatic hydroxyl groups is 1. The average Bonchev–Trinajstić information content (AvgIpc) is 3.06. The fourth-order valence-electron chi connectivity index (χ4n) is 8.39. The molecule has 0 amide bonds. The lowest BCUT2D eigenvalue weighted by atomic mass is 9.48. The van der Waals surface area contributed by atoms with Crippen molar-refractivity contribution in [2.45, 2.75) is 138 Å². The number of hydrogen-bond donors (Lipinski definition) is 2. The van der Waals surface area contributed by atoms with Gasteiger partial charge in [-0.15, -0.1) is 0 Å². The molecule has 3 aliphatic carbocycles. The summed E-state index contributed by atoms with van der Waals surface area (Å²) in [5.41, 5.74) is 5.42. The first-order valence-electron chi connectivity index (χ1n) is 14.6. The highest BCUT2D eigenvalue weighted by Crippen LogP contribution is 2.69. The largest absolute Gasteiger partial charge is 0.396 e. The molecule has 0 spiro atoms. The molecule has 2 heteroatoms. The highest BCUT2D eigenvalue weighted by molar-refractivity contribution is 7.82. The first-order chi connectivity index (χ1) is 15.9. The Balaban J connectivity index is 0.00000199. The van der Waals surface area contributed by atoms with Crippen molar-refractivity contribution < 1.29 is 5.11 Å². The number of fused-ring (bicyclic) bond motifs is 2. The molecule has 1 fully saturated rings. The summed E-state index contributed by atoms with van der Waals surface area (Å²) in [7, 11) is 0. The monoisotopic (exact) mass is 490 g/mol. The molecule has 1 N–H and O–H groups in total. The lowest BCUT2D eigenvalue weighted by molar-refractivity contribution is 0.00397. The number of hydrogen-bond acceptors (Lipinski definition) is 2. The second-order valence-electron chi connectivity index (χ2n) is 13.1. The molecule has 0 radical (unpaired) electrons. The normalized spacial score (nSPS) is 35.5. The maximum absolute atomic E-state index is 10.2. The van der Waals surface area contributed by atoms with Crippen molar-refractivity contribution in [3.63, 3.8) is 0 Å². The molecule has 0 heterocycles. The van der Waals surface area contributed by atoms with Gasteiger partial charge in [0.25, 0.3) is 0 Å². The van der Waals surface area contributed by atoms with Crippen molar-refractivity contribution in [3.8, 4) is 0 Å². The summed E-state index contributed by atoms with van der Waals surface area (Å²) in [6.45, 7) is 25.2. The second kappa shape index (κ2) is 11.5. The van der Waals surface area contributed by atoms with Gasteiger partial charge in [0.2, 0.25) is 0 Å². The Morgan fingerprint density at radius 1 is 1.12 bits per heavy atom. The fourth-order valence-corrected chi connectivity index (χ4v) is 9.01. The van der Waals surface area contributed by atoms with E-state index in [1.165, 1.54) is 76.2 Å². The number of allylic oxidation sites excluding steroid dienone is 3. The quantitative estimate of drug-likeness (QED) is 0.243. The molecule has 1 nitrogen and oxygen atoms in total. The maximum Gasteiger partial charge on any atom is 0.0485 e. The Kier molecular flexibility index (Phi) is 10.1. The summed E-state index contributed by atoms with van der Waals surface area (Å²) in [6.07, 6.45) is 13.8. The minimum Gasteiger partial charge on any atom is -0.396 e. The van der Waals surface area contributed by atoms with E-state index >= 15 is 0 Å². The molecular formula is C32H58OS. The molecule has 3 aliphatic rings. The van der Waals surface area contributed by atoms with Gasteiger partial charge in [0, 0.05) is 16.8 Å². The van der Waals surface area contributed by atoms with E-state index in [1.54, 1.807) is 11.1 Å². The van der Waals surface area contributed by atoms with Crippen LogP contribution < -0.4 is 0 Å². The minimum absolute atomic E-state index is 0.0180. The van der Waals surface area contributed by atoms with Crippen LogP contribution in [0.5, 0.6) is 0 Å². The molecule has 3 rings (SSSR count). The Hall–Kier alpha value is -0.210. The summed E-state index contributed by atoms with van der Waals surface area (Å²) >= 11 is 5.58. The van der Waals surface area contributed by atoms with E-state index in [0.29, 0.717) is 11.8 Å². The first-order valence-corrected chi connectivity index (χ1v) is 15.1. The van der Waals surface area contributed by atoms with Crippen LogP contribution in [0.3, 0.4) is 0 Å². The minimum atomic E-state index is -0.0180. The molecule has 5 atom stereocenters. The zero-order valence-electron chi connectivity index (χ0n) is 24.3. The van der Waals surface area contributed by atoms with E-state index in [9.17, 15) is 5.11 Å². The molecule has 34 heavy (non-hydrogen) atoms. The van der Waals surface area contributed by atoms with Gasteiger partial charge in [-0.2, -0.15) is 12.6 Å². The van der Waals surface area contributed by atoms with E-state index in [2.05, 4.69) is 55.0 Å². The van der Waals surface area contributed by atoms with Crippen LogP contribution in [0.1, 0.15) is 133 Å². The van der Waals surface area contributed by atoms with Crippen molar-refractivity contribution in [2.24, 2.45) is 34.0 Å². The zero-order chi connectivity index (χ0) is 25.9. The number of rotatable bonds is 9. The average molecular weight is 491 g/mol. The molecule has 0 aromatic carbocycles. The lowest BCUT2D eigenvalue weighted by Crippen LogP contribution is -2.52. The Labute approximate surface area is 219 Å². The number of thiol groups is 1. The maximum atomic E-state index is 10.2. The predicted octanol–water partition coefficient (Wildman–Crippen LogP) is 9.81. The summed E-state index contributed by atoms with van der Waals surface area (Å²) in [5.74, 6) is 1.90. The van der Waals surface area contributed by atoms with Crippen molar-refractivity contribution in [1.82, 2.24) is 0 Å². The van der Waals surface area contributed by atoms with Gasteiger partial charge in [0.1, 0.15) is 0 Å². The molecule has 0 bridgehead atoms. The van der Waals surface area contributed by atoms with Crippen molar-refractivity contribution >= 4 is 12.6 Å². The van der Waals surface area contributed by atoms with Crippen molar-refractivity contribution in [3.05, 3.63) is 23.3 Å². The van der Waals surface area contributed by atoms with Crippen LogP contribution >= 0.6 is 12.6 Å². The summed E-state index contributed by atoms with van der Waals surface area (Å²) in [4.78, 5) is 0. The van der Waals surface area contributed by atoms with E-state index in [0.717, 1.165) is 5.92 Å². The lowest BCUT2D eigenvalue weighted by Gasteiger charge is -2.58. The molecular weight excluding hydrogens is 432 g/mol.